The van der Waals surface area contributed by atoms with Crippen LogP contribution in [0.15, 0.2) is 12.1 Å². The molecule has 0 atom stereocenters. The molecule has 0 bridgehead atoms. The molecule has 0 spiro atoms. The van der Waals surface area contributed by atoms with E-state index in [1.807, 2.05) is 4.90 Å². The Hall–Kier alpha value is -1.07. The number of rotatable bonds is 3. The van der Waals surface area contributed by atoms with E-state index >= 15 is 0 Å². The molecule has 1 fully saturated rings. The molecule has 1 aromatic carbocycles. The highest BCUT2D eigenvalue weighted by Crippen LogP contribution is 2.20. The van der Waals surface area contributed by atoms with Crippen molar-refractivity contribution in [1.29, 1.82) is 0 Å². The minimum atomic E-state index is -1.43. The van der Waals surface area contributed by atoms with Gasteiger partial charge in [-0.15, -0.1) is 0 Å². The number of aliphatic hydroxyl groups is 1. The van der Waals surface area contributed by atoms with Crippen LogP contribution in [-0.2, 0) is 6.54 Å². The Balaban J connectivity index is 2.01. The van der Waals surface area contributed by atoms with Gasteiger partial charge >= 0.3 is 0 Å². The summed E-state index contributed by atoms with van der Waals surface area (Å²) in [6.45, 7) is 1.92. The molecule has 1 heterocycles. The van der Waals surface area contributed by atoms with Gasteiger partial charge in [0, 0.05) is 32.2 Å². The summed E-state index contributed by atoms with van der Waals surface area (Å²) in [4.78, 5) is 1.94. The molecular formula is C11H12F3NO. The summed E-state index contributed by atoms with van der Waals surface area (Å²) in [5.41, 5.74) is 0.410. The zero-order valence-corrected chi connectivity index (χ0v) is 8.59. The Morgan fingerprint density at radius 1 is 1.19 bits per heavy atom. The maximum absolute atomic E-state index is 12.9. The maximum atomic E-state index is 12.9. The van der Waals surface area contributed by atoms with Gasteiger partial charge in [0.15, 0.2) is 17.5 Å². The van der Waals surface area contributed by atoms with Gasteiger partial charge in [-0.2, -0.15) is 0 Å². The van der Waals surface area contributed by atoms with Gasteiger partial charge in [0.25, 0.3) is 0 Å². The SMILES string of the molecule is OCC1CN(Cc2cc(F)c(F)c(F)c2)C1. The van der Waals surface area contributed by atoms with Crippen molar-refractivity contribution in [2.45, 2.75) is 6.54 Å². The van der Waals surface area contributed by atoms with Crippen LogP contribution in [0, 0.1) is 23.4 Å². The summed E-state index contributed by atoms with van der Waals surface area (Å²) in [7, 11) is 0. The molecule has 1 N–H and O–H groups in total. The average Bonchev–Trinajstić information content (AvgIpc) is 2.19. The van der Waals surface area contributed by atoms with E-state index in [1.165, 1.54) is 0 Å². The van der Waals surface area contributed by atoms with Gasteiger partial charge in [-0.05, 0) is 17.7 Å². The summed E-state index contributed by atoms with van der Waals surface area (Å²) in [6.07, 6.45) is 0. The van der Waals surface area contributed by atoms with Crippen molar-refractivity contribution in [2.75, 3.05) is 19.7 Å². The van der Waals surface area contributed by atoms with Crippen LogP contribution in [0.2, 0.25) is 0 Å². The topological polar surface area (TPSA) is 23.5 Å². The summed E-state index contributed by atoms with van der Waals surface area (Å²) >= 11 is 0. The Kier molecular flexibility index (Phi) is 3.16. The predicted molar refractivity (Wildman–Crippen MR) is 52.2 cm³/mol. The normalized spacial score (nSPS) is 17.5. The molecule has 2 nitrogen and oxygen atoms in total. The van der Waals surface area contributed by atoms with Crippen molar-refractivity contribution >= 4 is 0 Å². The first kappa shape index (κ1) is 11.4. The highest BCUT2D eigenvalue weighted by Gasteiger charge is 2.26. The lowest BCUT2D eigenvalue weighted by atomic mass is 10.0. The Bertz CT molecular complexity index is 368. The first-order valence-electron chi connectivity index (χ1n) is 5.06. The summed E-state index contributed by atoms with van der Waals surface area (Å²) in [5.74, 6) is -3.50. The van der Waals surface area contributed by atoms with Gasteiger partial charge in [0.1, 0.15) is 0 Å². The fraction of sp³-hybridized carbons (Fsp3) is 0.455. The van der Waals surface area contributed by atoms with Gasteiger partial charge in [0.05, 0.1) is 0 Å². The van der Waals surface area contributed by atoms with E-state index in [2.05, 4.69) is 0 Å². The van der Waals surface area contributed by atoms with Crippen LogP contribution < -0.4 is 0 Å². The van der Waals surface area contributed by atoms with Gasteiger partial charge < -0.3 is 5.11 Å². The summed E-state index contributed by atoms with van der Waals surface area (Å²) in [6, 6.07) is 2.01. The van der Waals surface area contributed by atoms with Crippen molar-refractivity contribution in [2.24, 2.45) is 5.92 Å². The van der Waals surface area contributed by atoms with E-state index < -0.39 is 17.5 Å². The van der Waals surface area contributed by atoms with E-state index in [-0.39, 0.29) is 12.5 Å². The fourth-order valence-corrected chi connectivity index (χ4v) is 1.88. The molecule has 0 saturated carbocycles. The first-order valence-corrected chi connectivity index (χ1v) is 5.06. The Labute approximate surface area is 91.3 Å². The second-order valence-corrected chi connectivity index (χ2v) is 4.12. The van der Waals surface area contributed by atoms with Crippen LogP contribution in [0.3, 0.4) is 0 Å². The zero-order chi connectivity index (χ0) is 11.7. The Morgan fingerprint density at radius 3 is 2.25 bits per heavy atom. The molecule has 0 aromatic heterocycles. The van der Waals surface area contributed by atoms with Crippen LogP contribution in [0.5, 0.6) is 0 Å². The monoisotopic (exact) mass is 231 g/mol. The smallest absolute Gasteiger partial charge is 0.194 e. The molecule has 1 aliphatic rings. The lowest BCUT2D eigenvalue weighted by molar-refractivity contribution is 0.0477. The lowest BCUT2D eigenvalue weighted by Gasteiger charge is -2.38. The molecule has 2 rings (SSSR count). The van der Waals surface area contributed by atoms with Crippen LogP contribution in [-0.4, -0.2) is 29.7 Å². The minimum absolute atomic E-state index is 0.128. The fourth-order valence-electron chi connectivity index (χ4n) is 1.88. The van der Waals surface area contributed by atoms with Crippen LogP contribution >= 0.6 is 0 Å². The largest absolute Gasteiger partial charge is 0.396 e. The van der Waals surface area contributed by atoms with Crippen LogP contribution in [0.1, 0.15) is 5.56 Å². The van der Waals surface area contributed by atoms with Crippen molar-refractivity contribution in [3.63, 3.8) is 0 Å². The predicted octanol–water partition coefficient (Wildman–Crippen LogP) is 1.53. The molecule has 0 unspecified atom stereocenters. The van der Waals surface area contributed by atoms with Gasteiger partial charge in [0.2, 0.25) is 0 Å². The third-order valence-electron chi connectivity index (χ3n) is 2.74. The number of benzene rings is 1. The number of likely N-dealkylation sites (tertiary alicyclic amines) is 1. The second-order valence-electron chi connectivity index (χ2n) is 4.12. The third kappa shape index (κ3) is 2.20. The van der Waals surface area contributed by atoms with E-state index in [4.69, 9.17) is 5.11 Å². The molecule has 1 aliphatic heterocycles. The quantitative estimate of drug-likeness (QED) is 0.797. The summed E-state index contributed by atoms with van der Waals surface area (Å²) in [5, 5.41) is 8.80. The Morgan fingerprint density at radius 2 is 1.75 bits per heavy atom. The number of halogens is 3. The zero-order valence-electron chi connectivity index (χ0n) is 8.59. The highest BCUT2D eigenvalue weighted by atomic mass is 19.2. The van der Waals surface area contributed by atoms with E-state index in [9.17, 15) is 13.2 Å². The van der Waals surface area contributed by atoms with Crippen molar-refractivity contribution < 1.29 is 18.3 Å². The van der Waals surface area contributed by atoms with E-state index in [0.29, 0.717) is 25.2 Å². The third-order valence-corrected chi connectivity index (χ3v) is 2.74. The number of hydrogen-bond acceptors (Lipinski definition) is 2. The number of nitrogens with zero attached hydrogens (tertiary/aromatic N) is 1. The average molecular weight is 231 g/mol. The first-order chi connectivity index (χ1) is 7.60. The molecule has 16 heavy (non-hydrogen) atoms. The van der Waals surface area contributed by atoms with Crippen molar-refractivity contribution in [3.05, 3.63) is 35.1 Å². The molecule has 5 heteroatoms. The van der Waals surface area contributed by atoms with Crippen molar-refractivity contribution in [1.82, 2.24) is 4.90 Å². The van der Waals surface area contributed by atoms with Gasteiger partial charge in [-0.3, -0.25) is 4.90 Å². The standard InChI is InChI=1S/C11H12F3NO/c12-9-1-7(2-10(13)11(9)14)3-15-4-8(5-15)6-16/h1-2,8,16H,3-6H2. The van der Waals surface area contributed by atoms with Crippen LogP contribution in [0.25, 0.3) is 0 Å². The molecule has 1 aromatic rings. The number of aliphatic hydroxyl groups excluding tert-OH is 1. The van der Waals surface area contributed by atoms with E-state index in [0.717, 1.165) is 12.1 Å². The number of hydrogen-bond donors (Lipinski definition) is 1. The molecule has 1 saturated heterocycles. The summed E-state index contributed by atoms with van der Waals surface area (Å²) < 4.78 is 38.4. The second kappa shape index (κ2) is 4.43. The van der Waals surface area contributed by atoms with Gasteiger partial charge in [-0.25, -0.2) is 13.2 Å². The van der Waals surface area contributed by atoms with Crippen LogP contribution in [0.4, 0.5) is 13.2 Å². The molecule has 88 valence electrons. The maximum Gasteiger partial charge on any atom is 0.194 e. The highest BCUT2D eigenvalue weighted by molar-refractivity contribution is 5.19. The lowest BCUT2D eigenvalue weighted by Crippen LogP contribution is -2.47. The molecular weight excluding hydrogens is 219 g/mol. The van der Waals surface area contributed by atoms with Crippen molar-refractivity contribution in [3.8, 4) is 0 Å². The molecule has 0 aliphatic carbocycles. The molecule has 0 radical (unpaired) electrons. The molecule has 0 amide bonds. The van der Waals surface area contributed by atoms with Gasteiger partial charge in [-0.1, -0.05) is 0 Å². The minimum Gasteiger partial charge on any atom is -0.396 e. The van der Waals surface area contributed by atoms with E-state index in [1.54, 1.807) is 0 Å².